The van der Waals surface area contributed by atoms with E-state index in [1.807, 2.05) is 6.92 Å². The maximum absolute atomic E-state index is 12.4. The van der Waals surface area contributed by atoms with Crippen molar-refractivity contribution in [2.75, 3.05) is 6.61 Å². The maximum Gasteiger partial charge on any atom is 0.200 e. The first-order valence-electron chi connectivity index (χ1n) is 6.76. The van der Waals surface area contributed by atoms with E-state index in [0.29, 0.717) is 11.3 Å². The molecule has 0 aliphatic carbocycles. The van der Waals surface area contributed by atoms with Crippen molar-refractivity contribution in [1.82, 2.24) is 0 Å². The number of ether oxygens (including phenoxy) is 1. The molecule has 0 saturated carbocycles. The van der Waals surface area contributed by atoms with Crippen molar-refractivity contribution in [2.24, 2.45) is 0 Å². The topological polar surface area (TPSA) is 60.4 Å². The Labute approximate surface area is 129 Å². The van der Waals surface area contributed by atoms with Crippen molar-refractivity contribution in [1.29, 1.82) is 0 Å². The van der Waals surface area contributed by atoms with Gasteiger partial charge in [-0.2, -0.15) is 0 Å². The number of sulfone groups is 1. The van der Waals surface area contributed by atoms with Crippen LogP contribution in [0.15, 0.2) is 64.4 Å². The number of hydrogen-bond donors (Lipinski definition) is 0. The van der Waals surface area contributed by atoms with Crippen LogP contribution in [0.5, 0.6) is 5.75 Å². The molecule has 2 aromatic carbocycles. The second-order valence-electron chi connectivity index (χ2n) is 5.12. The first-order valence-corrected chi connectivity index (χ1v) is 8.31. The third-order valence-corrected chi connectivity index (χ3v) is 4.98. The number of rotatable bonds is 2. The van der Waals surface area contributed by atoms with Crippen LogP contribution in [0.25, 0.3) is 0 Å². The van der Waals surface area contributed by atoms with Gasteiger partial charge in [0.2, 0.25) is 0 Å². The molecule has 0 N–H and O–H groups in total. The minimum absolute atomic E-state index is 0.0407. The lowest BCUT2D eigenvalue weighted by Gasteiger charge is -2.18. The molecule has 0 fully saturated rings. The van der Waals surface area contributed by atoms with Gasteiger partial charge in [-0.05, 0) is 31.2 Å². The van der Waals surface area contributed by atoms with Crippen molar-refractivity contribution < 1.29 is 17.9 Å². The van der Waals surface area contributed by atoms with Crippen LogP contribution in [0.3, 0.4) is 0 Å². The van der Waals surface area contributed by atoms with Gasteiger partial charge >= 0.3 is 0 Å². The standard InChI is InChI=1S/C17H14O4S/c1-12-6-8-14(9-7-12)22(19,20)11-13-10-21-16-5-3-2-4-15(16)17(13)18/h2-9,11H,10H2,1H3. The van der Waals surface area contributed by atoms with E-state index >= 15 is 0 Å². The van der Waals surface area contributed by atoms with Gasteiger partial charge in [-0.25, -0.2) is 8.42 Å². The van der Waals surface area contributed by atoms with E-state index in [9.17, 15) is 13.2 Å². The zero-order chi connectivity index (χ0) is 15.7. The van der Waals surface area contributed by atoms with E-state index in [0.717, 1.165) is 11.0 Å². The van der Waals surface area contributed by atoms with Gasteiger partial charge in [0.05, 0.1) is 10.5 Å². The number of para-hydroxylation sites is 1. The molecule has 0 aromatic heterocycles. The molecule has 1 aliphatic heterocycles. The summed E-state index contributed by atoms with van der Waals surface area (Å²) < 4.78 is 30.2. The quantitative estimate of drug-likeness (QED) is 0.800. The molecule has 2 aromatic rings. The van der Waals surface area contributed by atoms with Gasteiger partial charge < -0.3 is 4.74 Å². The van der Waals surface area contributed by atoms with Gasteiger partial charge in [-0.1, -0.05) is 29.8 Å². The van der Waals surface area contributed by atoms with Gasteiger partial charge in [0.25, 0.3) is 0 Å². The largest absolute Gasteiger partial charge is 0.488 e. The van der Waals surface area contributed by atoms with E-state index < -0.39 is 9.84 Å². The van der Waals surface area contributed by atoms with Gasteiger partial charge in [-0.15, -0.1) is 0 Å². The average molecular weight is 314 g/mol. The number of hydrogen-bond acceptors (Lipinski definition) is 4. The Morgan fingerprint density at radius 3 is 2.45 bits per heavy atom. The SMILES string of the molecule is Cc1ccc(S(=O)(=O)C=C2COc3ccccc3C2=O)cc1. The molecule has 112 valence electrons. The molecule has 0 saturated heterocycles. The minimum Gasteiger partial charge on any atom is -0.488 e. The molecule has 4 nitrogen and oxygen atoms in total. The van der Waals surface area contributed by atoms with Crippen molar-refractivity contribution in [3.63, 3.8) is 0 Å². The Bertz CT molecular complexity index is 862. The second kappa shape index (κ2) is 5.42. The van der Waals surface area contributed by atoms with Crippen molar-refractivity contribution >= 4 is 15.6 Å². The molecule has 1 heterocycles. The fourth-order valence-electron chi connectivity index (χ4n) is 2.24. The predicted octanol–water partition coefficient (Wildman–Crippen LogP) is 2.93. The Hall–Kier alpha value is -2.40. The van der Waals surface area contributed by atoms with Crippen LogP contribution < -0.4 is 4.74 Å². The fraction of sp³-hybridized carbons (Fsp3) is 0.118. The van der Waals surface area contributed by atoms with Crippen LogP contribution in [0.4, 0.5) is 0 Å². The molecule has 3 rings (SSSR count). The summed E-state index contributed by atoms with van der Waals surface area (Å²) in [6.45, 7) is 1.84. The number of carbonyl (C=O) groups excluding carboxylic acids is 1. The van der Waals surface area contributed by atoms with Gasteiger partial charge in [0.1, 0.15) is 12.4 Å². The monoisotopic (exact) mass is 314 g/mol. The molecule has 0 radical (unpaired) electrons. The predicted molar refractivity (Wildman–Crippen MR) is 82.7 cm³/mol. The number of carbonyl (C=O) groups is 1. The van der Waals surface area contributed by atoms with Crippen molar-refractivity contribution in [2.45, 2.75) is 11.8 Å². The van der Waals surface area contributed by atoms with E-state index in [-0.39, 0.29) is 22.9 Å². The normalized spacial score (nSPS) is 16.2. The average Bonchev–Trinajstić information content (AvgIpc) is 2.51. The summed E-state index contributed by atoms with van der Waals surface area (Å²) in [5, 5.41) is 1.01. The second-order valence-corrected chi connectivity index (χ2v) is 6.91. The highest BCUT2D eigenvalue weighted by Crippen LogP contribution is 2.27. The summed E-state index contributed by atoms with van der Waals surface area (Å²) >= 11 is 0. The zero-order valence-electron chi connectivity index (χ0n) is 11.9. The summed E-state index contributed by atoms with van der Waals surface area (Å²) in [5.41, 5.74) is 1.50. The summed E-state index contributed by atoms with van der Waals surface area (Å²) in [4.78, 5) is 12.5. The number of benzene rings is 2. The van der Waals surface area contributed by atoms with Crippen LogP contribution in [-0.2, 0) is 9.84 Å². The third kappa shape index (κ3) is 2.67. The molecule has 22 heavy (non-hydrogen) atoms. The van der Waals surface area contributed by atoms with Crippen LogP contribution in [-0.4, -0.2) is 20.8 Å². The first kappa shape index (κ1) is 14.5. The molecule has 0 bridgehead atoms. The zero-order valence-corrected chi connectivity index (χ0v) is 12.8. The first-order chi connectivity index (χ1) is 10.5. The van der Waals surface area contributed by atoms with Gasteiger partial charge in [0, 0.05) is 11.0 Å². The highest BCUT2D eigenvalue weighted by molar-refractivity contribution is 7.94. The Morgan fingerprint density at radius 2 is 1.73 bits per heavy atom. The number of fused-ring (bicyclic) bond motifs is 1. The van der Waals surface area contributed by atoms with Gasteiger partial charge in [0.15, 0.2) is 15.6 Å². The molecule has 5 heteroatoms. The van der Waals surface area contributed by atoms with Gasteiger partial charge in [-0.3, -0.25) is 4.79 Å². The summed E-state index contributed by atoms with van der Waals surface area (Å²) in [5.74, 6) is 0.176. The van der Waals surface area contributed by atoms with Crippen LogP contribution in [0.2, 0.25) is 0 Å². The molecule has 0 amide bonds. The maximum atomic E-state index is 12.4. The summed E-state index contributed by atoms with van der Waals surface area (Å²) in [6.07, 6.45) is 0. The summed E-state index contributed by atoms with van der Waals surface area (Å²) in [7, 11) is -3.67. The third-order valence-electron chi connectivity index (χ3n) is 3.45. The lowest BCUT2D eigenvalue weighted by Crippen LogP contribution is -2.20. The van der Waals surface area contributed by atoms with E-state index in [2.05, 4.69) is 0 Å². The van der Waals surface area contributed by atoms with Crippen molar-refractivity contribution in [3.8, 4) is 5.75 Å². The Kier molecular flexibility index (Phi) is 3.58. The number of aryl methyl sites for hydroxylation is 1. The molecular weight excluding hydrogens is 300 g/mol. The molecule has 0 unspecified atom stereocenters. The molecular formula is C17H14O4S. The van der Waals surface area contributed by atoms with E-state index in [1.165, 1.54) is 12.1 Å². The number of ketones is 1. The van der Waals surface area contributed by atoms with Crippen LogP contribution in [0.1, 0.15) is 15.9 Å². The highest BCUT2D eigenvalue weighted by Gasteiger charge is 2.25. The Morgan fingerprint density at radius 1 is 1.05 bits per heavy atom. The highest BCUT2D eigenvalue weighted by atomic mass is 32.2. The lowest BCUT2D eigenvalue weighted by molar-refractivity contribution is 0.0999. The molecule has 0 spiro atoms. The Balaban J connectivity index is 1.99. The van der Waals surface area contributed by atoms with Crippen LogP contribution in [0, 0.1) is 6.92 Å². The fourth-order valence-corrected chi connectivity index (χ4v) is 3.45. The summed E-state index contributed by atoms with van der Waals surface area (Å²) in [6, 6.07) is 13.3. The minimum atomic E-state index is -3.67. The van der Waals surface area contributed by atoms with E-state index in [4.69, 9.17) is 4.74 Å². The van der Waals surface area contributed by atoms with E-state index in [1.54, 1.807) is 36.4 Å². The molecule has 0 atom stereocenters. The van der Waals surface area contributed by atoms with Crippen molar-refractivity contribution in [3.05, 3.63) is 70.6 Å². The smallest absolute Gasteiger partial charge is 0.200 e. The molecule has 1 aliphatic rings. The lowest BCUT2D eigenvalue weighted by atomic mass is 10.0. The van der Waals surface area contributed by atoms with Crippen LogP contribution >= 0.6 is 0 Å². The number of Topliss-reactive ketones (excluding diaryl/α,β-unsaturated/α-hetero) is 1.